The number of rotatable bonds is 9. The Kier molecular flexibility index (Phi) is 6.93. The van der Waals surface area contributed by atoms with Crippen molar-refractivity contribution in [1.82, 2.24) is 4.98 Å². The van der Waals surface area contributed by atoms with Crippen molar-refractivity contribution in [2.24, 2.45) is 0 Å². The third kappa shape index (κ3) is 5.30. The van der Waals surface area contributed by atoms with Crippen molar-refractivity contribution in [2.45, 2.75) is 13.8 Å². The molecule has 9 nitrogen and oxygen atoms in total. The van der Waals surface area contributed by atoms with E-state index in [1.165, 1.54) is 23.2 Å². The number of ether oxygens (including phenoxy) is 2. The number of carbonyl (C=O) groups is 1. The zero-order valence-electron chi connectivity index (χ0n) is 15.5. The van der Waals surface area contributed by atoms with Gasteiger partial charge in [0.2, 0.25) is 11.7 Å². The molecule has 1 heterocycles. The van der Waals surface area contributed by atoms with Crippen molar-refractivity contribution in [2.75, 3.05) is 37.0 Å². The second-order valence-electron chi connectivity index (χ2n) is 5.54. The van der Waals surface area contributed by atoms with Crippen LogP contribution in [0.15, 0.2) is 36.5 Å². The second kappa shape index (κ2) is 9.37. The number of nitrogens with zero attached hydrogens (tertiary/aromatic N) is 3. The molecule has 9 heteroatoms. The standard InChI is InChI=1S/C18H22N4O5/c1-4-26-15-9-8-13(11-16(15)27-5-2)20-17(23)12-21(3)18-14(22(24)25)7-6-10-19-18/h6-11H,4-5,12H2,1-3H3,(H,20,23). The molecule has 0 aliphatic carbocycles. The first kappa shape index (κ1) is 20.0. The zero-order chi connectivity index (χ0) is 19.8. The van der Waals surface area contributed by atoms with Gasteiger partial charge in [0.15, 0.2) is 11.5 Å². The van der Waals surface area contributed by atoms with Crippen molar-refractivity contribution < 1.29 is 19.2 Å². The molecule has 0 fully saturated rings. The van der Waals surface area contributed by atoms with E-state index in [-0.39, 0.29) is 24.0 Å². The van der Waals surface area contributed by atoms with E-state index >= 15 is 0 Å². The molecule has 0 aliphatic heterocycles. The first-order valence-electron chi connectivity index (χ1n) is 8.46. The lowest BCUT2D eigenvalue weighted by atomic mass is 10.2. The zero-order valence-corrected chi connectivity index (χ0v) is 15.5. The van der Waals surface area contributed by atoms with Crippen LogP contribution in [-0.2, 0) is 4.79 Å². The fraction of sp³-hybridized carbons (Fsp3) is 0.333. The van der Waals surface area contributed by atoms with Crippen molar-refractivity contribution in [1.29, 1.82) is 0 Å². The van der Waals surface area contributed by atoms with Crippen LogP contribution in [0, 0.1) is 10.1 Å². The minimum Gasteiger partial charge on any atom is -0.490 e. The number of pyridine rings is 1. The number of hydrogen-bond acceptors (Lipinski definition) is 7. The maximum atomic E-state index is 12.3. The van der Waals surface area contributed by atoms with Crippen LogP contribution in [-0.4, -0.2) is 42.6 Å². The molecular weight excluding hydrogens is 352 g/mol. The first-order chi connectivity index (χ1) is 13.0. The van der Waals surface area contributed by atoms with E-state index in [0.717, 1.165) is 0 Å². The van der Waals surface area contributed by atoms with Crippen molar-refractivity contribution in [3.8, 4) is 11.5 Å². The molecule has 2 aromatic rings. The lowest BCUT2D eigenvalue weighted by Crippen LogP contribution is -2.31. The van der Waals surface area contributed by atoms with Gasteiger partial charge in [-0.05, 0) is 32.0 Å². The minimum absolute atomic E-state index is 0.102. The predicted octanol–water partition coefficient (Wildman–Crippen LogP) is 2.86. The summed E-state index contributed by atoms with van der Waals surface area (Å²) in [6.07, 6.45) is 1.44. The highest BCUT2D eigenvalue weighted by molar-refractivity contribution is 5.94. The van der Waals surface area contributed by atoms with Gasteiger partial charge >= 0.3 is 5.69 Å². The molecule has 0 saturated carbocycles. The van der Waals surface area contributed by atoms with E-state index in [9.17, 15) is 14.9 Å². The molecule has 1 N–H and O–H groups in total. The largest absolute Gasteiger partial charge is 0.490 e. The van der Waals surface area contributed by atoms with E-state index in [2.05, 4.69) is 10.3 Å². The van der Waals surface area contributed by atoms with E-state index in [1.807, 2.05) is 13.8 Å². The molecule has 0 aliphatic rings. The highest BCUT2D eigenvalue weighted by Crippen LogP contribution is 2.30. The molecule has 27 heavy (non-hydrogen) atoms. The molecule has 1 aromatic heterocycles. The Morgan fingerprint density at radius 3 is 2.59 bits per heavy atom. The molecule has 0 unspecified atom stereocenters. The lowest BCUT2D eigenvalue weighted by molar-refractivity contribution is -0.384. The number of likely N-dealkylation sites (N-methyl/N-ethyl adjacent to an activating group) is 1. The number of benzene rings is 1. The number of hydrogen-bond donors (Lipinski definition) is 1. The van der Waals surface area contributed by atoms with Gasteiger partial charge in [-0.1, -0.05) is 0 Å². The Labute approximate surface area is 157 Å². The van der Waals surface area contributed by atoms with Gasteiger partial charge in [-0.25, -0.2) is 4.98 Å². The summed E-state index contributed by atoms with van der Waals surface area (Å²) in [4.78, 5) is 28.3. The molecule has 0 spiro atoms. The Morgan fingerprint density at radius 2 is 1.93 bits per heavy atom. The van der Waals surface area contributed by atoms with Crippen molar-refractivity contribution in [3.05, 3.63) is 46.6 Å². The fourth-order valence-corrected chi connectivity index (χ4v) is 2.44. The van der Waals surface area contributed by atoms with Gasteiger partial charge in [0.1, 0.15) is 0 Å². The number of carbonyl (C=O) groups excluding carboxylic acids is 1. The Morgan fingerprint density at radius 1 is 1.22 bits per heavy atom. The van der Waals surface area contributed by atoms with Crippen LogP contribution in [0.5, 0.6) is 11.5 Å². The van der Waals surface area contributed by atoms with Gasteiger partial charge < -0.3 is 19.7 Å². The van der Waals surface area contributed by atoms with Gasteiger partial charge in [-0.15, -0.1) is 0 Å². The predicted molar refractivity (Wildman–Crippen MR) is 102 cm³/mol. The summed E-state index contributed by atoms with van der Waals surface area (Å²) in [7, 11) is 1.57. The molecule has 144 valence electrons. The fourth-order valence-electron chi connectivity index (χ4n) is 2.44. The normalized spacial score (nSPS) is 10.2. The summed E-state index contributed by atoms with van der Waals surface area (Å²) < 4.78 is 11.0. The minimum atomic E-state index is -0.530. The summed E-state index contributed by atoms with van der Waals surface area (Å²) in [5.74, 6) is 0.910. The summed E-state index contributed by atoms with van der Waals surface area (Å²) in [5.41, 5.74) is 0.378. The van der Waals surface area contributed by atoms with E-state index < -0.39 is 4.92 Å². The van der Waals surface area contributed by atoms with E-state index in [4.69, 9.17) is 9.47 Å². The summed E-state index contributed by atoms with van der Waals surface area (Å²) in [6.45, 7) is 4.59. The highest BCUT2D eigenvalue weighted by atomic mass is 16.6. The smallest absolute Gasteiger partial charge is 0.311 e. The second-order valence-corrected chi connectivity index (χ2v) is 5.54. The van der Waals surface area contributed by atoms with Gasteiger partial charge in [0.05, 0.1) is 24.7 Å². The number of nitro groups is 1. The van der Waals surface area contributed by atoms with Gasteiger partial charge in [-0.3, -0.25) is 14.9 Å². The van der Waals surface area contributed by atoms with Crippen LogP contribution >= 0.6 is 0 Å². The van der Waals surface area contributed by atoms with Crippen LogP contribution < -0.4 is 19.7 Å². The van der Waals surface area contributed by atoms with E-state index in [0.29, 0.717) is 30.4 Å². The third-order valence-electron chi connectivity index (χ3n) is 3.53. The Bertz CT molecular complexity index is 812. The number of anilines is 2. The highest BCUT2D eigenvalue weighted by Gasteiger charge is 2.20. The average Bonchev–Trinajstić information content (AvgIpc) is 2.64. The molecule has 0 atom stereocenters. The van der Waals surface area contributed by atoms with Gasteiger partial charge in [-0.2, -0.15) is 0 Å². The van der Waals surface area contributed by atoms with Crippen LogP contribution in [0.1, 0.15) is 13.8 Å². The Hall–Kier alpha value is -3.36. The van der Waals surface area contributed by atoms with Crippen LogP contribution in [0.4, 0.5) is 17.2 Å². The van der Waals surface area contributed by atoms with Gasteiger partial charge in [0, 0.05) is 31.1 Å². The summed E-state index contributed by atoms with van der Waals surface area (Å²) in [6, 6.07) is 7.92. The molecule has 0 radical (unpaired) electrons. The summed E-state index contributed by atoms with van der Waals surface area (Å²) in [5, 5.41) is 13.8. The number of nitrogens with one attached hydrogen (secondary N) is 1. The molecular formula is C18H22N4O5. The molecule has 0 saturated heterocycles. The topological polar surface area (TPSA) is 107 Å². The molecule has 2 rings (SSSR count). The molecule has 1 aromatic carbocycles. The average molecular weight is 374 g/mol. The van der Waals surface area contributed by atoms with Crippen LogP contribution in [0.2, 0.25) is 0 Å². The number of aromatic nitrogens is 1. The van der Waals surface area contributed by atoms with Crippen molar-refractivity contribution >= 4 is 23.1 Å². The van der Waals surface area contributed by atoms with E-state index in [1.54, 1.807) is 25.2 Å². The first-order valence-corrected chi connectivity index (χ1v) is 8.46. The van der Waals surface area contributed by atoms with Gasteiger partial charge in [0.25, 0.3) is 0 Å². The number of amides is 1. The Balaban J connectivity index is 2.09. The third-order valence-corrected chi connectivity index (χ3v) is 3.53. The summed E-state index contributed by atoms with van der Waals surface area (Å²) >= 11 is 0. The van der Waals surface area contributed by atoms with Crippen molar-refractivity contribution in [3.63, 3.8) is 0 Å². The quantitative estimate of drug-likeness (QED) is 0.531. The van der Waals surface area contributed by atoms with Crippen LogP contribution in [0.3, 0.4) is 0 Å². The molecule has 1 amide bonds. The molecule has 0 bridgehead atoms. The maximum absolute atomic E-state index is 12.3. The maximum Gasteiger partial charge on any atom is 0.311 e. The SMILES string of the molecule is CCOc1ccc(NC(=O)CN(C)c2ncccc2[N+](=O)[O-])cc1OCC. The monoisotopic (exact) mass is 374 g/mol. The van der Waals surface area contributed by atoms with Crippen LogP contribution in [0.25, 0.3) is 0 Å². The lowest BCUT2D eigenvalue weighted by Gasteiger charge is -2.18.